The van der Waals surface area contributed by atoms with Crippen LogP contribution in [0.2, 0.25) is 0 Å². The van der Waals surface area contributed by atoms with E-state index in [2.05, 4.69) is 17.7 Å². The second kappa shape index (κ2) is 8.93. The number of carbonyl (C=O) groups is 1. The first-order chi connectivity index (χ1) is 15.6. The van der Waals surface area contributed by atoms with E-state index in [9.17, 15) is 17.6 Å². The van der Waals surface area contributed by atoms with Gasteiger partial charge in [-0.3, -0.25) is 4.79 Å². The Morgan fingerprint density at radius 3 is 2.48 bits per heavy atom. The molecule has 0 unspecified atom stereocenters. The average molecular weight is 471 g/mol. The summed E-state index contributed by atoms with van der Waals surface area (Å²) in [6, 6.07) is 10.8. The van der Waals surface area contributed by atoms with E-state index >= 15 is 0 Å². The summed E-state index contributed by atoms with van der Waals surface area (Å²) in [7, 11) is -1.58. The number of nitrogens with zero attached hydrogens (tertiary/aromatic N) is 2. The maximum atomic E-state index is 13.2. The molecule has 3 aromatic rings. The molecular formula is C26H31FN2O3S. The molecule has 1 aliphatic heterocycles. The van der Waals surface area contributed by atoms with E-state index in [4.69, 9.17) is 0 Å². The Morgan fingerprint density at radius 2 is 1.85 bits per heavy atom. The minimum absolute atomic E-state index is 0.00285. The zero-order valence-corrected chi connectivity index (χ0v) is 20.4. The fourth-order valence-corrected chi connectivity index (χ4v) is 6.31. The van der Waals surface area contributed by atoms with Crippen molar-refractivity contribution in [2.24, 2.45) is 18.9 Å². The molecule has 1 saturated heterocycles. The number of sulfone groups is 1. The van der Waals surface area contributed by atoms with Crippen LogP contribution in [0.5, 0.6) is 0 Å². The molecule has 0 saturated carbocycles. The third kappa shape index (κ3) is 4.69. The van der Waals surface area contributed by atoms with Crippen LogP contribution in [-0.4, -0.2) is 36.9 Å². The molecule has 1 aromatic heterocycles. The molecule has 0 radical (unpaired) electrons. The summed E-state index contributed by atoms with van der Waals surface area (Å²) in [4.78, 5) is 14.5. The second-order valence-corrected chi connectivity index (χ2v) is 11.6. The number of hydrogen-bond acceptors (Lipinski definition) is 3. The highest BCUT2D eigenvalue weighted by atomic mass is 32.2. The molecular weight excluding hydrogens is 439 g/mol. The number of amides is 1. The molecule has 7 heteroatoms. The van der Waals surface area contributed by atoms with E-state index in [1.54, 1.807) is 0 Å². The van der Waals surface area contributed by atoms with Crippen LogP contribution in [0.15, 0.2) is 53.6 Å². The van der Waals surface area contributed by atoms with Crippen molar-refractivity contribution in [2.75, 3.05) is 13.1 Å². The average Bonchev–Trinajstić information content (AvgIpc) is 3.08. The van der Waals surface area contributed by atoms with Crippen molar-refractivity contribution in [3.05, 3.63) is 65.6 Å². The van der Waals surface area contributed by atoms with E-state index in [1.807, 2.05) is 44.0 Å². The molecule has 1 aliphatic rings. The number of hydrogen-bond donors (Lipinski definition) is 0. The van der Waals surface area contributed by atoms with Crippen LogP contribution in [0.1, 0.15) is 44.2 Å². The third-order valence-electron chi connectivity index (χ3n) is 6.72. The van der Waals surface area contributed by atoms with E-state index < -0.39 is 15.7 Å². The van der Waals surface area contributed by atoms with Gasteiger partial charge in [0.05, 0.1) is 10.6 Å². The number of aryl methyl sites for hydroxylation is 1. The molecule has 0 spiro atoms. The van der Waals surface area contributed by atoms with E-state index in [0.717, 1.165) is 30.4 Å². The van der Waals surface area contributed by atoms with Crippen molar-refractivity contribution >= 4 is 26.6 Å². The number of benzene rings is 2. The highest BCUT2D eigenvalue weighted by Crippen LogP contribution is 2.38. The van der Waals surface area contributed by atoms with Crippen LogP contribution in [0, 0.1) is 17.7 Å². The molecule has 1 fully saturated rings. The minimum atomic E-state index is -3.58. The predicted molar refractivity (Wildman–Crippen MR) is 128 cm³/mol. The van der Waals surface area contributed by atoms with E-state index in [1.165, 1.54) is 29.8 Å². The smallest absolute Gasteiger partial charge is 0.225 e. The zero-order valence-electron chi connectivity index (χ0n) is 19.6. The first kappa shape index (κ1) is 23.5. The summed E-state index contributed by atoms with van der Waals surface area (Å²) in [6.45, 7) is 7.53. The van der Waals surface area contributed by atoms with Gasteiger partial charge >= 0.3 is 0 Å². The molecule has 0 N–H and O–H groups in total. The van der Waals surface area contributed by atoms with Gasteiger partial charge in [0.2, 0.25) is 5.91 Å². The lowest BCUT2D eigenvalue weighted by Crippen LogP contribution is -2.43. The van der Waals surface area contributed by atoms with Crippen molar-refractivity contribution in [3.63, 3.8) is 0 Å². The molecule has 1 amide bonds. The van der Waals surface area contributed by atoms with Gasteiger partial charge in [-0.1, -0.05) is 26.8 Å². The van der Waals surface area contributed by atoms with Gasteiger partial charge in [0, 0.05) is 43.2 Å². The van der Waals surface area contributed by atoms with Crippen LogP contribution in [0.25, 0.3) is 10.9 Å². The first-order valence-electron chi connectivity index (χ1n) is 11.4. The van der Waals surface area contributed by atoms with Gasteiger partial charge in [0.1, 0.15) is 5.82 Å². The number of piperidine rings is 1. The lowest BCUT2D eigenvalue weighted by molar-refractivity contribution is -0.136. The molecule has 0 aliphatic carbocycles. The normalized spacial score (nSPS) is 19.4. The number of fused-ring (bicyclic) bond motifs is 1. The van der Waals surface area contributed by atoms with Crippen LogP contribution in [0.3, 0.4) is 0 Å². The maximum absolute atomic E-state index is 13.2. The molecule has 4 rings (SSSR count). The predicted octanol–water partition coefficient (Wildman–Crippen LogP) is 4.90. The SMILES string of the molecule is CC(C)C(=O)N1CC[C@@H](c2cn(C)c3ccc(CS(=O)(=O)c4ccc(F)cc4)cc23)[C@@H](C)C1. The Labute approximate surface area is 195 Å². The summed E-state index contributed by atoms with van der Waals surface area (Å²) in [5.41, 5.74) is 2.97. The summed E-state index contributed by atoms with van der Waals surface area (Å²) in [6.07, 6.45) is 3.03. The largest absolute Gasteiger partial charge is 0.350 e. The van der Waals surface area contributed by atoms with Crippen molar-refractivity contribution in [1.82, 2.24) is 9.47 Å². The monoisotopic (exact) mass is 470 g/mol. The molecule has 2 aromatic carbocycles. The maximum Gasteiger partial charge on any atom is 0.225 e. The van der Waals surface area contributed by atoms with Crippen LogP contribution in [-0.2, 0) is 27.4 Å². The molecule has 2 heterocycles. The fraction of sp³-hybridized carbons (Fsp3) is 0.423. The minimum Gasteiger partial charge on any atom is -0.350 e. The van der Waals surface area contributed by atoms with Crippen molar-refractivity contribution < 1.29 is 17.6 Å². The lowest BCUT2D eigenvalue weighted by atomic mass is 9.81. The number of carbonyl (C=O) groups excluding carboxylic acids is 1. The lowest BCUT2D eigenvalue weighted by Gasteiger charge is -2.37. The highest BCUT2D eigenvalue weighted by molar-refractivity contribution is 7.90. The number of rotatable bonds is 5. The van der Waals surface area contributed by atoms with E-state index in [0.29, 0.717) is 17.4 Å². The molecule has 2 atom stereocenters. The van der Waals surface area contributed by atoms with Crippen LogP contribution in [0.4, 0.5) is 4.39 Å². The summed E-state index contributed by atoms with van der Waals surface area (Å²) in [5.74, 6) is 0.204. The first-order valence-corrected chi connectivity index (χ1v) is 13.1. The van der Waals surface area contributed by atoms with Crippen molar-refractivity contribution in [1.29, 1.82) is 0 Å². The molecule has 33 heavy (non-hydrogen) atoms. The van der Waals surface area contributed by atoms with Gasteiger partial charge < -0.3 is 9.47 Å². The molecule has 0 bridgehead atoms. The van der Waals surface area contributed by atoms with Gasteiger partial charge in [-0.05, 0) is 65.8 Å². The topological polar surface area (TPSA) is 59.4 Å². The summed E-state index contributed by atoms with van der Waals surface area (Å²) < 4.78 is 41.1. The standard InChI is InChI=1S/C26H31FN2O3S/c1-17(2)26(30)29-12-11-22(18(3)14-29)24-15-28(4)25-10-5-19(13-23(24)25)16-33(31,32)21-8-6-20(27)7-9-21/h5-10,13,15,17-18,22H,11-12,14,16H2,1-4H3/t18-,22+/m0/s1. The van der Waals surface area contributed by atoms with Crippen LogP contribution >= 0.6 is 0 Å². The van der Waals surface area contributed by atoms with Crippen molar-refractivity contribution in [2.45, 2.75) is 43.8 Å². The Hall–Kier alpha value is -2.67. The highest BCUT2D eigenvalue weighted by Gasteiger charge is 2.32. The third-order valence-corrected chi connectivity index (χ3v) is 8.43. The summed E-state index contributed by atoms with van der Waals surface area (Å²) in [5, 5.41) is 1.06. The van der Waals surface area contributed by atoms with Gasteiger partial charge in [-0.15, -0.1) is 0 Å². The Bertz CT molecular complexity index is 1280. The van der Waals surface area contributed by atoms with Gasteiger partial charge in [0.25, 0.3) is 0 Å². The van der Waals surface area contributed by atoms with Crippen molar-refractivity contribution in [3.8, 4) is 0 Å². The number of halogens is 1. The Morgan fingerprint density at radius 1 is 1.15 bits per heavy atom. The summed E-state index contributed by atoms with van der Waals surface area (Å²) >= 11 is 0. The second-order valence-electron chi connectivity index (χ2n) is 9.57. The number of aromatic nitrogens is 1. The van der Waals surface area contributed by atoms with E-state index in [-0.39, 0.29) is 22.5 Å². The van der Waals surface area contributed by atoms with Crippen LogP contribution < -0.4 is 0 Å². The van der Waals surface area contributed by atoms with Gasteiger partial charge in [-0.2, -0.15) is 0 Å². The van der Waals surface area contributed by atoms with Gasteiger partial charge in [0.15, 0.2) is 9.84 Å². The molecule has 5 nitrogen and oxygen atoms in total. The number of likely N-dealkylation sites (tertiary alicyclic amines) is 1. The molecule has 176 valence electrons. The van der Waals surface area contributed by atoms with Gasteiger partial charge in [-0.25, -0.2) is 12.8 Å². The Balaban J connectivity index is 1.63. The zero-order chi connectivity index (χ0) is 23.9. The fourth-order valence-electron chi connectivity index (χ4n) is 4.97. The Kier molecular flexibility index (Phi) is 6.36. The quantitative estimate of drug-likeness (QED) is 0.499.